The number of nitrogens with one attached hydrogen (secondary N) is 1. The SMILES string of the molecule is C[C@@H](Oc1ccc(N(C)S(C)(=O)=O)cc1)C(=O)NCCC1=CCCCC1. The Labute approximate surface area is 156 Å². The third-order valence-electron chi connectivity index (χ3n) is 4.51. The van der Waals surface area contributed by atoms with Crippen molar-refractivity contribution >= 4 is 21.6 Å². The summed E-state index contributed by atoms with van der Waals surface area (Å²) in [4.78, 5) is 12.2. The summed E-state index contributed by atoms with van der Waals surface area (Å²) < 4.78 is 29.9. The first-order valence-corrected chi connectivity index (χ1v) is 10.8. The molecule has 1 N–H and O–H groups in total. The van der Waals surface area contributed by atoms with Gasteiger partial charge in [-0.15, -0.1) is 0 Å². The molecule has 1 amide bonds. The number of amides is 1. The van der Waals surface area contributed by atoms with Crippen LogP contribution in [0.1, 0.15) is 39.0 Å². The first-order chi connectivity index (χ1) is 12.3. The van der Waals surface area contributed by atoms with Crippen molar-refractivity contribution in [2.75, 3.05) is 24.2 Å². The lowest BCUT2D eigenvalue weighted by Crippen LogP contribution is -2.37. The van der Waals surface area contributed by atoms with Gasteiger partial charge in [-0.25, -0.2) is 8.42 Å². The van der Waals surface area contributed by atoms with Crippen molar-refractivity contribution < 1.29 is 17.9 Å². The third-order valence-corrected chi connectivity index (χ3v) is 5.72. The lowest BCUT2D eigenvalue weighted by Gasteiger charge is -2.18. The van der Waals surface area contributed by atoms with Crippen molar-refractivity contribution in [2.24, 2.45) is 0 Å². The zero-order valence-electron chi connectivity index (χ0n) is 15.7. The second kappa shape index (κ2) is 9.07. The van der Waals surface area contributed by atoms with Crippen LogP contribution in [0.2, 0.25) is 0 Å². The van der Waals surface area contributed by atoms with Gasteiger partial charge < -0.3 is 10.1 Å². The molecule has 0 saturated heterocycles. The Morgan fingerprint density at radius 3 is 2.54 bits per heavy atom. The van der Waals surface area contributed by atoms with Crippen molar-refractivity contribution in [3.63, 3.8) is 0 Å². The van der Waals surface area contributed by atoms with E-state index in [9.17, 15) is 13.2 Å². The molecule has 1 aliphatic rings. The van der Waals surface area contributed by atoms with Gasteiger partial charge in [0.15, 0.2) is 6.10 Å². The van der Waals surface area contributed by atoms with E-state index in [1.54, 1.807) is 31.2 Å². The van der Waals surface area contributed by atoms with Crippen molar-refractivity contribution in [1.29, 1.82) is 0 Å². The van der Waals surface area contributed by atoms with E-state index in [-0.39, 0.29) is 5.91 Å². The van der Waals surface area contributed by atoms with Crippen molar-refractivity contribution in [3.05, 3.63) is 35.9 Å². The van der Waals surface area contributed by atoms with E-state index in [1.165, 1.54) is 29.8 Å². The first-order valence-electron chi connectivity index (χ1n) is 8.93. The molecule has 1 aliphatic carbocycles. The minimum atomic E-state index is -3.30. The highest BCUT2D eigenvalue weighted by Gasteiger charge is 2.16. The molecule has 144 valence electrons. The molecule has 7 heteroatoms. The van der Waals surface area contributed by atoms with E-state index < -0.39 is 16.1 Å². The Morgan fingerprint density at radius 1 is 1.27 bits per heavy atom. The summed E-state index contributed by atoms with van der Waals surface area (Å²) in [5.74, 6) is 0.368. The Hall–Kier alpha value is -2.02. The maximum Gasteiger partial charge on any atom is 0.260 e. The van der Waals surface area contributed by atoms with Gasteiger partial charge in [0.25, 0.3) is 5.91 Å². The van der Waals surface area contributed by atoms with Crippen LogP contribution in [-0.4, -0.2) is 40.3 Å². The van der Waals surface area contributed by atoms with Gasteiger partial charge in [0.1, 0.15) is 5.75 Å². The molecular formula is C19H28N2O4S. The topological polar surface area (TPSA) is 75.7 Å². The number of hydrogen-bond acceptors (Lipinski definition) is 4. The van der Waals surface area contributed by atoms with Gasteiger partial charge in [0.2, 0.25) is 10.0 Å². The number of rotatable bonds is 8. The Kier molecular flexibility index (Phi) is 7.08. The van der Waals surface area contributed by atoms with Gasteiger partial charge in [0, 0.05) is 13.6 Å². The van der Waals surface area contributed by atoms with Crippen LogP contribution in [0.4, 0.5) is 5.69 Å². The van der Waals surface area contributed by atoms with Gasteiger partial charge in [-0.05, 0) is 63.3 Å². The molecule has 0 fully saturated rings. The molecule has 0 heterocycles. The summed E-state index contributed by atoms with van der Waals surface area (Å²) in [6.07, 6.45) is 8.49. The fourth-order valence-corrected chi connectivity index (χ4v) is 3.31. The number of ether oxygens (including phenoxy) is 1. The van der Waals surface area contributed by atoms with E-state index in [0.717, 1.165) is 25.5 Å². The lowest BCUT2D eigenvalue weighted by molar-refractivity contribution is -0.127. The Morgan fingerprint density at radius 2 is 1.96 bits per heavy atom. The van der Waals surface area contributed by atoms with E-state index in [4.69, 9.17) is 4.74 Å². The predicted molar refractivity (Wildman–Crippen MR) is 104 cm³/mol. The van der Waals surface area contributed by atoms with Gasteiger partial charge >= 0.3 is 0 Å². The van der Waals surface area contributed by atoms with Crippen molar-refractivity contribution in [2.45, 2.75) is 45.1 Å². The normalized spacial score (nSPS) is 15.7. The Bertz CT molecular complexity index is 741. The number of benzene rings is 1. The monoisotopic (exact) mass is 380 g/mol. The predicted octanol–water partition coefficient (Wildman–Crippen LogP) is 2.86. The minimum absolute atomic E-state index is 0.154. The fourth-order valence-electron chi connectivity index (χ4n) is 2.81. The zero-order valence-corrected chi connectivity index (χ0v) is 16.5. The molecule has 0 saturated carbocycles. The first kappa shape index (κ1) is 20.3. The van der Waals surface area contributed by atoms with Gasteiger partial charge in [0.05, 0.1) is 11.9 Å². The van der Waals surface area contributed by atoms with Crippen molar-refractivity contribution in [1.82, 2.24) is 5.32 Å². The van der Waals surface area contributed by atoms with E-state index in [1.807, 2.05) is 0 Å². The smallest absolute Gasteiger partial charge is 0.260 e. The number of hydrogen-bond donors (Lipinski definition) is 1. The number of carbonyl (C=O) groups is 1. The average Bonchev–Trinajstić information content (AvgIpc) is 2.61. The molecule has 0 unspecified atom stereocenters. The summed E-state index contributed by atoms with van der Waals surface area (Å²) in [5, 5.41) is 2.91. The number of allylic oxidation sites excluding steroid dienone is 1. The second-order valence-corrected chi connectivity index (χ2v) is 8.65. The number of sulfonamides is 1. The Balaban J connectivity index is 1.81. The van der Waals surface area contributed by atoms with Crippen LogP contribution < -0.4 is 14.4 Å². The van der Waals surface area contributed by atoms with E-state index in [2.05, 4.69) is 11.4 Å². The lowest BCUT2D eigenvalue weighted by atomic mass is 9.97. The van der Waals surface area contributed by atoms with E-state index >= 15 is 0 Å². The molecule has 0 aromatic heterocycles. The van der Waals surface area contributed by atoms with Gasteiger partial charge in [-0.3, -0.25) is 9.10 Å². The zero-order chi connectivity index (χ0) is 19.2. The highest BCUT2D eigenvalue weighted by atomic mass is 32.2. The minimum Gasteiger partial charge on any atom is -0.481 e. The fraction of sp³-hybridized carbons (Fsp3) is 0.526. The van der Waals surface area contributed by atoms with Crippen LogP contribution in [0.15, 0.2) is 35.9 Å². The molecule has 1 aromatic rings. The van der Waals surface area contributed by atoms with Crippen LogP contribution in [0, 0.1) is 0 Å². The van der Waals surface area contributed by atoms with Crippen molar-refractivity contribution in [3.8, 4) is 5.75 Å². The standard InChI is InChI=1S/C19H28N2O4S/c1-15(19(22)20-14-13-16-7-5-4-6-8-16)25-18-11-9-17(10-12-18)21(2)26(3,23)24/h7,9-12,15H,4-6,8,13-14H2,1-3H3,(H,20,22)/t15-/m1/s1. The molecule has 26 heavy (non-hydrogen) atoms. The largest absolute Gasteiger partial charge is 0.481 e. The molecule has 1 atom stereocenters. The average molecular weight is 381 g/mol. The van der Waals surface area contributed by atoms with Crippen LogP contribution in [0.5, 0.6) is 5.75 Å². The molecule has 0 aliphatic heterocycles. The maximum atomic E-state index is 12.2. The molecule has 0 radical (unpaired) electrons. The van der Waals surface area contributed by atoms with Crippen LogP contribution in [-0.2, 0) is 14.8 Å². The van der Waals surface area contributed by atoms with E-state index in [0.29, 0.717) is 18.0 Å². The molecule has 6 nitrogen and oxygen atoms in total. The van der Waals surface area contributed by atoms with Crippen LogP contribution >= 0.6 is 0 Å². The molecular weight excluding hydrogens is 352 g/mol. The summed E-state index contributed by atoms with van der Waals surface area (Å²) >= 11 is 0. The number of carbonyl (C=O) groups excluding carboxylic acids is 1. The van der Waals surface area contributed by atoms with Crippen LogP contribution in [0.25, 0.3) is 0 Å². The van der Waals surface area contributed by atoms with Crippen LogP contribution in [0.3, 0.4) is 0 Å². The summed E-state index contributed by atoms with van der Waals surface area (Å²) in [5.41, 5.74) is 1.97. The van der Waals surface area contributed by atoms with Gasteiger partial charge in [-0.2, -0.15) is 0 Å². The van der Waals surface area contributed by atoms with Gasteiger partial charge in [-0.1, -0.05) is 11.6 Å². The summed E-state index contributed by atoms with van der Waals surface area (Å²) in [7, 11) is -1.81. The highest BCUT2D eigenvalue weighted by Crippen LogP contribution is 2.21. The maximum absolute atomic E-state index is 12.2. The number of anilines is 1. The molecule has 0 bridgehead atoms. The quantitative estimate of drug-likeness (QED) is 0.704. The summed E-state index contributed by atoms with van der Waals surface area (Å²) in [6.45, 7) is 2.32. The third kappa shape index (κ3) is 6.05. The molecule has 1 aromatic carbocycles. The second-order valence-electron chi connectivity index (χ2n) is 6.63. The number of nitrogens with zero attached hydrogens (tertiary/aromatic N) is 1. The summed E-state index contributed by atoms with van der Waals surface area (Å²) in [6, 6.07) is 6.62. The molecule has 0 spiro atoms. The molecule has 2 rings (SSSR count). The highest BCUT2D eigenvalue weighted by molar-refractivity contribution is 7.92.